The van der Waals surface area contributed by atoms with Crippen LogP contribution in [0.2, 0.25) is 0 Å². The molecular formula is C14H25N3. The molecule has 0 spiro atoms. The Morgan fingerprint density at radius 2 is 1.94 bits per heavy atom. The number of hydrogen-bond donors (Lipinski definition) is 2. The first-order chi connectivity index (χ1) is 8.18. The lowest BCUT2D eigenvalue weighted by atomic mass is 10.0. The van der Waals surface area contributed by atoms with Crippen LogP contribution in [-0.4, -0.2) is 11.5 Å². The zero-order valence-electron chi connectivity index (χ0n) is 11.1. The summed E-state index contributed by atoms with van der Waals surface area (Å²) < 4.78 is 0. The monoisotopic (exact) mass is 235 g/mol. The Morgan fingerprint density at radius 3 is 2.59 bits per heavy atom. The number of nitrogens with zero attached hydrogens (tertiary/aromatic N) is 1. The van der Waals surface area contributed by atoms with Crippen molar-refractivity contribution in [2.45, 2.75) is 46.0 Å². The molecule has 1 rings (SSSR count). The van der Waals surface area contributed by atoms with Crippen LogP contribution in [0.25, 0.3) is 0 Å². The first-order valence-electron chi connectivity index (χ1n) is 6.64. The van der Waals surface area contributed by atoms with Gasteiger partial charge in [-0.25, -0.2) is 4.98 Å². The average Bonchev–Trinajstić information content (AvgIpc) is 2.30. The Labute approximate surface area is 105 Å². The summed E-state index contributed by atoms with van der Waals surface area (Å²) >= 11 is 0. The van der Waals surface area contributed by atoms with E-state index in [9.17, 15) is 0 Å². The van der Waals surface area contributed by atoms with Crippen molar-refractivity contribution in [1.29, 1.82) is 0 Å². The lowest BCUT2D eigenvalue weighted by Crippen LogP contribution is -2.03. The van der Waals surface area contributed by atoms with E-state index in [1.165, 1.54) is 32.1 Å². The highest BCUT2D eigenvalue weighted by Crippen LogP contribution is 2.10. The molecule has 96 valence electrons. The number of aromatic nitrogens is 1. The highest BCUT2D eigenvalue weighted by Gasteiger charge is 1.95. The van der Waals surface area contributed by atoms with Crippen molar-refractivity contribution in [2.75, 3.05) is 17.6 Å². The molecule has 0 radical (unpaired) electrons. The Hall–Kier alpha value is -1.25. The Bertz CT molecular complexity index is 293. The smallest absolute Gasteiger partial charge is 0.126 e. The molecule has 0 aliphatic heterocycles. The van der Waals surface area contributed by atoms with E-state index in [1.54, 1.807) is 6.20 Å². The molecule has 0 aliphatic rings. The number of pyridine rings is 1. The van der Waals surface area contributed by atoms with Gasteiger partial charge in [0.25, 0.3) is 0 Å². The maximum atomic E-state index is 5.57. The number of hydrogen-bond acceptors (Lipinski definition) is 3. The topological polar surface area (TPSA) is 50.9 Å². The summed E-state index contributed by atoms with van der Waals surface area (Å²) in [5.74, 6) is 1.76. The predicted molar refractivity (Wildman–Crippen MR) is 75.1 cm³/mol. The number of nitrogens with one attached hydrogen (secondary N) is 1. The van der Waals surface area contributed by atoms with Crippen molar-refractivity contribution in [3.8, 4) is 0 Å². The Morgan fingerprint density at radius 1 is 1.18 bits per heavy atom. The highest BCUT2D eigenvalue weighted by atomic mass is 15.0. The summed E-state index contributed by atoms with van der Waals surface area (Å²) in [6, 6.07) is 3.80. The molecular weight excluding hydrogens is 210 g/mol. The standard InChI is InChI=1S/C14H25N3/c1-12(2)7-5-3-4-6-10-16-14-9-8-13(15)11-17-14/h8-9,11-12H,3-7,10,15H2,1-2H3,(H,16,17). The lowest BCUT2D eigenvalue weighted by Gasteiger charge is -2.06. The normalized spacial score (nSPS) is 10.8. The summed E-state index contributed by atoms with van der Waals surface area (Å²) in [6.07, 6.45) is 8.25. The van der Waals surface area contributed by atoms with E-state index >= 15 is 0 Å². The molecule has 0 amide bonds. The molecule has 0 aliphatic carbocycles. The molecule has 0 unspecified atom stereocenters. The zero-order chi connectivity index (χ0) is 12.5. The number of nitrogens with two attached hydrogens (primary N) is 1. The summed E-state index contributed by atoms with van der Waals surface area (Å²) in [5.41, 5.74) is 6.28. The number of anilines is 2. The molecule has 3 heteroatoms. The predicted octanol–water partition coefficient (Wildman–Crippen LogP) is 3.68. The van der Waals surface area contributed by atoms with E-state index in [1.807, 2.05) is 12.1 Å². The van der Waals surface area contributed by atoms with Gasteiger partial charge in [0.1, 0.15) is 5.82 Å². The highest BCUT2D eigenvalue weighted by molar-refractivity contribution is 5.43. The van der Waals surface area contributed by atoms with Gasteiger partial charge in [0.15, 0.2) is 0 Å². The fourth-order valence-corrected chi connectivity index (χ4v) is 1.76. The summed E-state index contributed by atoms with van der Waals surface area (Å²) in [5, 5.41) is 3.30. The molecule has 0 fully saturated rings. The molecule has 1 aromatic rings. The van der Waals surface area contributed by atoms with E-state index in [-0.39, 0.29) is 0 Å². The van der Waals surface area contributed by atoms with E-state index in [2.05, 4.69) is 24.1 Å². The van der Waals surface area contributed by atoms with Crippen LogP contribution in [-0.2, 0) is 0 Å². The molecule has 0 aromatic carbocycles. The number of rotatable bonds is 8. The van der Waals surface area contributed by atoms with Gasteiger partial charge in [-0.1, -0.05) is 39.5 Å². The molecule has 1 aromatic heterocycles. The van der Waals surface area contributed by atoms with Crippen LogP contribution in [0.4, 0.5) is 11.5 Å². The van der Waals surface area contributed by atoms with Crippen molar-refractivity contribution in [3.63, 3.8) is 0 Å². The van der Waals surface area contributed by atoms with Crippen molar-refractivity contribution >= 4 is 11.5 Å². The van der Waals surface area contributed by atoms with Crippen molar-refractivity contribution in [2.24, 2.45) is 5.92 Å². The lowest BCUT2D eigenvalue weighted by molar-refractivity contribution is 0.523. The molecule has 0 saturated heterocycles. The van der Waals surface area contributed by atoms with Crippen molar-refractivity contribution < 1.29 is 0 Å². The van der Waals surface area contributed by atoms with Gasteiger partial charge in [-0.15, -0.1) is 0 Å². The van der Waals surface area contributed by atoms with E-state index < -0.39 is 0 Å². The zero-order valence-corrected chi connectivity index (χ0v) is 11.1. The van der Waals surface area contributed by atoms with Gasteiger partial charge in [0.05, 0.1) is 11.9 Å². The molecule has 17 heavy (non-hydrogen) atoms. The first kappa shape index (κ1) is 13.8. The molecule has 3 N–H and O–H groups in total. The Balaban J connectivity index is 1.99. The molecule has 0 bridgehead atoms. The third-order valence-electron chi connectivity index (χ3n) is 2.80. The van der Waals surface area contributed by atoms with E-state index in [0.717, 1.165) is 18.3 Å². The van der Waals surface area contributed by atoms with Gasteiger partial charge in [0.2, 0.25) is 0 Å². The van der Waals surface area contributed by atoms with Crippen LogP contribution in [0.15, 0.2) is 18.3 Å². The summed E-state index contributed by atoms with van der Waals surface area (Å²) in [4.78, 5) is 4.20. The van der Waals surface area contributed by atoms with Gasteiger partial charge in [-0.2, -0.15) is 0 Å². The second-order valence-corrected chi connectivity index (χ2v) is 5.00. The third kappa shape index (κ3) is 6.82. The maximum absolute atomic E-state index is 5.57. The summed E-state index contributed by atoms with van der Waals surface area (Å²) in [7, 11) is 0. The fourth-order valence-electron chi connectivity index (χ4n) is 1.76. The summed E-state index contributed by atoms with van der Waals surface area (Å²) in [6.45, 7) is 5.57. The Kier molecular flexibility index (Phi) is 6.45. The van der Waals surface area contributed by atoms with Gasteiger partial charge < -0.3 is 11.1 Å². The SMILES string of the molecule is CC(C)CCCCCCNc1ccc(N)cn1. The molecule has 3 nitrogen and oxygen atoms in total. The van der Waals surface area contributed by atoms with Crippen LogP contribution in [0.5, 0.6) is 0 Å². The van der Waals surface area contributed by atoms with Crippen LogP contribution in [0.1, 0.15) is 46.0 Å². The minimum absolute atomic E-state index is 0.712. The van der Waals surface area contributed by atoms with Crippen LogP contribution >= 0.6 is 0 Å². The minimum atomic E-state index is 0.712. The van der Waals surface area contributed by atoms with E-state index in [4.69, 9.17) is 5.73 Å². The minimum Gasteiger partial charge on any atom is -0.397 e. The van der Waals surface area contributed by atoms with Crippen LogP contribution in [0.3, 0.4) is 0 Å². The second kappa shape index (κ2) is 7.93. The molecule has 0 atom stereocenters. The van der Waals surface area contributed by atoms with Crippen molar-refractivity contribution in [1.82, 2.24) is 4.98 Å². The van der Waals surface area contributed by atoms with Crippen molar-refractivity contribution in [3.05, 3.63) is 18.3 Å². The van der Waals surface area contributed by atoms with Gasteiger partial charge in [0, 0.05) is 6.54 Å². The largest absolute Gasteiger partial charge is 0.397 e. The van der Waals surface area contributed by atoms with E-state index in [0.29, 0.717) is 5.69 Å². The van der Waals surface area contributed by atoms with Gasteiger partial charge >= 0.3 is 0 Å². The second-order valence-electron chi connectivity index (χ2n) is 5.00. The molecule has 0 saturated carbocycles. The van der Waals surface area contributed by atoms with Crippen LogP contribution < -0.4 is 11.1 Å². The van der Waals surface area contributed by atoms with Gasteiger partial charge in [-0.3, -0.25) is 0 Å². The third-order valence-corrected chi connectivity index (χ3v) is 2.80. The quantitative estimate of drug-likeness (QED) is 0.676. The maximum Gasteiger partial charge on any atom is 0.126 e. The first-order valence-corrected chi connectivity index (χ1v) is 6.64. The average molecular weight is 235 g/mol. The molecule has 1 heterocycles. The van der Waals surface area contributed by atoms with Gasteiger partial charge in [-0.05, 0) is 24.5 Å². The number of unbranched alkanes of at least 4 members (excludes halogenated alkanes) is 3. The number of nitrogen functional groups attached to an aromatic ring is 1. The van der Waals surface area contributed by atoms with Crippen LogP contribution in [0, 0.1) is 5.92 Å². The fraction of sp³-hybridized carbons (Fsp3) is 0.643.